The van der Waals surface area contributed by atoms with Crippen molar-refractivity contribution in [1.82, 2.24) is 4.98 Å². The Balaban J connectivity index is 2.21. The van der Waals surface area contributed by atoms with Crippen molar-refractivity contribution in [2.75, 3.05) is 0 Å². The van der Waals surface area contributed by atoms with Crippen LogP contribution in [0.4, 0.5) is 0 Å². The van der Waals surface area contributed by atoms with Gasteiger partial charge in [-0.3, -0.25) is 0 Å². The summed E-state index contributed by atoms with van der Waals surface area (Å²) in [6.07, 6.45) is 1.42. The zero-order chi connectivity index (χ0) is 13.1. The van der Waals surface area contributed by atoms with Crippen molar-refractivity contribution in [2.24, 2.45) is 0 Å². The van der Waals surface area contributed by atoms with E-state index in [1.54, 1.807) is 6.07 Å². The molecule has 0 amide bonds. The molecule has 92 valence electrons. The fourth-order valence-corrected chi connectivity index (χ4v) is 1.96. The number of carbonyl (C=O) groups excluding carboxylic acids is 1. The Kier molecular flexibility index (Phi) is 4.07. The molecule has 0 atom stereocenters. The van der Waals surface area contributed by atoms with Crippen LogP contribution in [0.5, 0.6) is 5.75 Å². The lowest BCUT2D eigenvalue weighted by atomic mass is 10.3. The lowest BCUT2D eigenvalue weighted by Crippen LogP contribution is -2.08. The fourth-order valence-electron chi connectivity index (χ4n) is 1.28. The van der Waals surface area contributed by atoms with E-state index < -0.39 is 5.97 Å². The number of hydrogen-bond donors (Lipinski definition) is 0. The molecule has 0 unspecified atom stereocenters. The fraction of sp³-hybridized carbons (Fsp3) is 0. The Hall–Kier alpha value is -1.29. The van der Waals surface area contributed by atoms with Crippen molar-refractivity contribution in [1.29, 1.82) is 0 Å². The van der Waals surface area contributed by atoms with Gasteiger partial charge >= 0.3 is 5.97 Å². The highest BCUT2D eigenvalue weighted by Crippen LogP contribution is 2.25. The van der Waals surface area contributed by atoms with Crippen molar-refractivity contribution in [3.8, 4) is 5.75 Å². The van der Waals surface area contributed by atoms with Crippen LogP contribution < -0.4 is 4.74 Å². The summed E-state index contributed by atoms with van der Waals surface area (Å²) in [5.41, 5.74) is 0.297. The smallest absolute Gasteiger partial charge is 0.343 e. The number of rotatable bonds is 2. The molecule has 1 aromatic carbocycles. The molecular formula is C12H6Cl3NO2. The first-order valence-corrected chi connectivity index (χ1v) is 5.98. The summed E-state index contributed by atoms with van der Waals surface area (Å²) in [6.45, 7) is 0. The summed E-state index contributed by atoms with van der Waals surface area (Å²) in [7, 11) is 0. The summed E-state index contributed by atoms with van der Waals surface area (Å²) < 4.78 is 5.12. The van der Waals surface area contributed by atoms with Gasteiger partial charge in [0.25, 0.3) is 0 Å². The van der Waals surface area contributed by atoms with Gasteiger partial charge in [-0.05, 0) is 30.3 Å². The monoisotopic (exact) mass is 301 g/mol. The minimum absolute atomic E-state index is 0.216. The molecule has 0 aliphatic heterocycles. The van der Waals surface area contributed by atoms with Crippen LogP contribution >= 0.6 is 34.8 Å². The lowest BCUT2D eigenvalue weighted by molar-refractivity contribution is 0.0734. The topological polar surface area (TPSA) is 39.2 Å². The Morgan fingerprint density at radius 3 is 2.33 bits per heavy atom. The van der Waals surface area contributed by atoms with Crippen LogP contribution in [0.3, 0.4) is 0 Å². The first kappa shape index (κ1) is 13.1. The molecule has 18 heavy (non-hydrogen) atoms. The van der Waals surface area contributed by atoms with Gasteiger partial charge in [-0.2, -0.15) is 0 Å². The molecule has 1 aromatic heterocycles. The molecule has 6 heteroatoms. The van der Waals surface area contributed by atoms with Crippen molar-refractivity contribution < 1.29 is 9.53 Å². The highest BCUT2D eigenvalue weighted by Gasteiger charge is 2.10. The van der Waals surface area contributed by atoms with Crippen molar-refractivity contribution >= 4 is 40.8 Å². The molecule has 2 aromatic rings. The van der Waals surface area contributed by atoms with E-state index in [1.165, 1.54) is 30.5 Å². The van der Waals surface area contributed by atoms with E-state index in [1.807, 2.05) is 0 Å². The van der Waals surface area contributed by atoms with Crippen LogP contribution in [0.25, 0.3) is 0 Å². The highest BCUT2D eigenvalue weighted by molar-refractivity contribution is 6.34. The normalized spacial score (nSPS) is 10.2. The van der Waals surface area contributed by atoms with Gasteiger partial charge in [-0.15, -0.1) is 0 Å². The maximum Gasteiger partial charge on any atom is 0.343 e. The second-order valence-corrected chi connectivity index (χ2v) is 4.62. The number of pyridine rings is 1. The third-order valence-electron chi connectivity index (χ3n) is 2.01. The molecule has 0 aliphatic rings. The SMILES string of the molecule is O=C(Oc1cc(Cl)cc(Cl)c1)c1ccnc(Cl)c1. The molecule has 0 radical (unpaired) electrons. The van der Waals surface area contributed by atoms with Gasteiger partial charge in [-0.25, -0.2) is 9.78 Å². The Bertz CT molecular complexity index is 581. The van der Waals surface area contributed by atoms with E-state index in [-0.39, 0.29) is 10.9 Å². The summed E-state index contributed by atoms with van der Waals surface area (Å²) in [5.74, 6) is -0.289. The van der Waals surface area contributed by atoms with Gasteiger partial charge in [0.2, 0.25) is 0 Å². The first-order chi connectivity index (χ1) is 8.54. The van der Waals surface area contributed by atoms with Gasteiger partial charge in [0.05, 0.1) is 5.56 Å². The van der Waals surface area contributed by atoms with Gasteiger partial charge in [0.1, 0.15) is 10.9 Å². The molecule has 0 bridgehead atoms. The number of esters is 1. The summed E-state index contributed by atoms with van der Waals surface area (Å²) in [4.78, 5) is 15.6. The molecule has 0 aliphatic carbocycles. The minimum Gasteiger partial charge on any atom is -0.423 e. The molecule has 1 heterocycles. The number of carbonyl (C=O) groups is 1. The molecular weight excluding hydrogens is 296 g/mol. The van der Waals surface area contributed by atoms with Crippen LogP contribution in [0.1, 0.15) is 10.4 Å². The number of ether oxygens (including phenoxy) is 1. The second kappa shape index (κ2) is 5.57. The van der Waals surface area contributed by atoms with Gasteiger partial charge in [0, 0.05) is 16.2 Å². The molecule has 0 saturated carbocycles. The first-order valence-electron chi connectivity index (χ1n) is 4.84. The third kappa shape index (κ3) is 3.35. The Morgan fingerprint density at radius 2 is 1.72 bits per heavy atom. The van der Waals surface area contributed by atoms with Crippen LogP contribution in [-0.2, 0) is 0 Å². The maximum atomic E-state index is 11.8. The predicted molar refractivity (Wildman–Crippen MR) is 70.7 cm³/mol. The van der Waals surface area contributed by atoms with E-state index in [0.29, 0.717) is 15.6 Å². The van der Waals surface area contributed by atoms with Crippen LogP contribution in [0.2, 0.25) is 15.2 Å². The number of hydrogen-bond acceptors (Lipinski definition) is 3. The van der Waals surface area contributed by atoms with E-state index in [0.717, 1.165) is 0 Å². The molecule has 0 N–H and O–H groups in total. The summed E-state index contributed by atoms with van der Waals surface area (Å²) in [6, 6.07) is 7.45. The lowest BCUT2D eigenvalue weighted by Gasteiger charge is -2.05. The quantitative estimate of drug-likeness (QED) is 0.472. The van der Waals surface area contributed by atoms with Crippen LogP contribution in [-0.4, -0.2) is 11.0 Å². The number of nitrogens with zero attached hydrogens (tertiary/aromatic N) is 1. The average Bonchev–Trinajstić information content (AvgIpc) is 2.27. The van der Waals surface area contributed by atoms with Gasteiger partial charge < -0.3 is 4.74 Å². The molecule has 0 saturated heterocycles. The zero-order valence-corrected chi connectivity index (χ0v) is 11.1. The van der Waals surface area contributed by atoms with Crippen LogP contribution in [0.15, 0.2) is 36.5 Å². The average molecular weight is 303 g/mol. The summed E-state index contributed by atoms with van der Waals surface area (Å²) >= 11 is 17.3. The van der Waals surface area contributed by atoms with E-state index in [2.05, 4.69) is 4.98 Å². The molecule has 2 rings (SSSR count). The third-order valence-corrected chi connectivity index (χ3v) is 2.65. The van der Waals surface area contributed by atoms with Crippen molar-refractivity contribution in [2.45, 2.75) is 0 Å². The standard InChI is InChI=1S/C12H6Cl3NO2/c13-8-4-9(14)6-10(5-8)18-12(17)7-1-2-16-11(15)3-7/h1-6H. The molecule has 0 fully saturated rings. The second-order valence-electron chi connectivity index (χ2n) is 3.36. The van der Waals surface area contributed by atoms with Gasteiger partial charge in [0.15, 0.2) is 0 Å². The predicted octanol–water partition coefficient (Wildman–Crippen LogP) is 4.26. The minimum atomic E-state index is -0.558. The largest absolute Gasteiger partial charge is 0.423 e. The van der Waals surface area contributed by atoms with Crippen molar-refractivity contribution in [3.63, 3.8) is 0 Å². The Morgan fingerprint density at radius 1 is 1.06 bits per heavy atom. The summed E-state index contributed by atoms with van der Waals surface area (Å²) in [5, 5.41) is 0.990. The molecule has 0 spiro atoms. The van der Waals surface area contributed by atoms with E-state index >= 15 is 0 Å². The Labute approximate surface area is 118 Å². The van der Waals surface area contributed by atoms with E-state index in [4.69, 9.17) is 39.5 Å². The van der Waals surface area contributed by atoms with E-state index in [9.17, 15) is 4.79 Å². The molecule has 3 nitrogen and oxygen atoms in total. The van der Waals surface area contributed by atoms with Crippen molar-refractivity contribution in [3.05, 3.63) is 57.3 Å². The number of aromatic nitrogens is 1. The number of benzene rings is 1. The van der Waals surface area contributed by atoms with Gasteiger partial charge in [-0.1, -0.05) is 34.8 Å². The number of halogens is 3. The highest BCUT2D eigenvalue weighted by atomic mass is 35.5. The zero-order valence-electron chi connectivity index (χ0n) is 8.86. The maximum absolute atomic E-state index is 11.8. The van der Waals surface area contributed by atoms with Crippen LogP contribution in [0, 0.1) is 0 Å².